The minimum absolute atomic E-state index is 0.471. The molecule has 1 saturated heterocycles. The van der Waals surface area contributed by atoms with Gasteiger partial charge in [0.25, 0.3) is 0 Å². The Kier molecular flexibility index (Phi) is 2.94. The Morgan fingerprint density at radius 3 is 2.75 bits per heavy atom. The minimum atomic E-state index is 0.471. The summed E-state index contributed by atoms with van der Waals surface area (Å²) >= 11 is 0. The highest BCUT2D eigenvalue weighted by molar-refractivity contribution is 5.48. The molecular formula is C14H22N2. The van der Waals surface area contributed by atoms with Gasteiger partial charge in [-0.05, 0) is 36.9 Å². The van der Waals surface area contributed by atoms with Gasteiger partial charge in [-0.2, -0.15) is 0 Å². The molecule has 1 aromatic rings. The summed E-state index contributed by atoms with van der Waals surface area (Å²) in [6, 6.07) is 6.30. The molecule has 1 aliphatic heterocycles. The lowest BCUT2D eigenvalue weighted by Crippen LogP contribution is -2.23. The summed E-state index contributed by atoms with van der Waals surface area (Å²) in [7, 11) is 0. The molecule has 0 bridgehead atoms. The molecule has 88 valence electrons. The molecule has 0 amide bonds. The number of likely N-dealkylation sites (tertiary alicyclic amines) is 1. The van der Waals surface area contributed by atoms with Gasteiger partial charge in [-0.15, -0.1) is 0 Å². The van der Waals surface area contributed by atoms with Crippen molar-refractivity contribution in [2.75, 3.05) is 18.8 Å². The van der Waals surface area contributed by atoms with Crippen LogP contribution in [-0.4, -0.2) is 18.0 Å². The zero-order valence-corrected chi connectivity index (χ0v) is 10.6. The molecule has 2 rings (SSSR count). The number of nitrogens with two attached hydrogens (primary N) is 1. The lowest BCUT2D eigenvalue weighted by molar-refractivity contribution is 0.285. The number of anilines is 1. The fraction of sp³-hybridized carbons (Fsp3) is 0.571. The molecule has 1 aliphatic rings. The van der Waals surface area contributed by atoms with E-state index in [9.17, 15) is 0 Å². The van der Waals surface area contributed by atoms with Gasteiger partial charge in [-0.3, -0.25) is 4.90 Å². The lowest BCUT2D eigenvalue weighted by Gasteiger charge is -2.20. The van der Waals surface area contributed by atoms with Crippen molar-refractivity contribution < 1.29 is 0 Å². The van der Waals surface area contributed by atoms with Crippen molar-refractivity contribution >= 4 is 5.69 Å². The molecular weight excluding hydrogens is 196 g/mol. The summed E-state index contributed by atoms with van der Waals surface area (Å²) in [5.74, 6) is 0. The smallest absolute Gasteiger partial charge is 0.0359 e. The molecule has 0 unspecified atom stereocenters. The monoisotopic (exact) mass is 218 g/mol. The van der Waals surface area contributed by atoms with Crippen LogP contribution in [-0.2, 0) is 6.54 Å². The van der Waals surface area contributed by atoms with Crippen molar-refractivity contribution in [2.24, 2.45) is 5.41 Å². The average Bonchev–Trinajstić information content (AvgIpc) is 2.52. The average molecular weight is 218 g/mol. The number of rotatable bonds is 2. The number of aryl methyl sites for hydroxylation is 1. The van der Waals surface area contributed by atoms with E-state index in [0.717, 1.165) is 12.2 Å². The Morgan fingerprint density at radius 1 is 1.38 bits per heavy atom. The van der Waals surface area contributed by atoms with Crippen LogP contribution in [0.3, 0.4) is 0 Å². The van der Waals surface area contributed by atoms with Gasteiger partial charge in [0.05, 0.1) is 0 Å². The van der Waals surface area contributed by atoms with Gasteiger partial charge in [-0.25, -0.2) is 0 Å². The van der Waals surface area contributed by atoms with Crippen molar-refractivity contribution in [3.05, 3.63) is 29.3 Å². The van der Waals surface area contributed by atoms with E-state index < -0.39 is 0 Å². The van der Waals surface area contributed by atoms with Gasteiger partial charge in [0.15, 0.2) is 0 Å². The van der Waals surface area contributed by atoms with Gasteiger partial charge >= 0.3 is 0 Å². The number of hydrogen-bond donors (Lipinski definition) is 1. The molecule has 0 atom stereocenters. The number of nitrogen functional groups attached to an aromatic ring is 1. The van der Waals surface area contributed by atoms with Crippen LogP contribution >= 0.6 is 0 Å². The zero-order chi connectivity index (χ0) is 11.8. The normalized spacial score (nSPS) is 20.2. The maximum atomic E-state index is 6.01. The third kappa shape index (κ3) is 2.56. The molecule has 0 aliphatic carbocycles. The van der Waals surface area contributed by atoms with E-state index in [1.165, 1.54) is 30.6 Å². The summed E-state index contributed by atoms with van der Waals surface area (Å²) in [5.41, 5.74) is 9.98. The molecule has 0 radical (unpaired) electrons. The largest absolute Gasteiger partial charge is 0.398 e. The molecule has 2 N–H and O–H groups in total. The van der Waals surface area contributed by atoms with E-state index in [2.05, 4.69) is 37.8 Å². The van der Waals surface area contributed by atoms with E-state index in [4.69, 9.17) is 5.73 Å². The molecule has 1 heterocycles. The SMILES string of the molecule is Cc1ccc(N)c(CN2CCC(C)(C)C2)c1. The standard InChI is InChI=1S/C14H22N2/c1-11-4-5-13(15)12(8-11)9-16-7-6-14(2,3)10-16/h4-5,8H,6-7,9-10,15H2,1-3H3. The number of hydrogen-bond acceptors (Lipinski definition) is 2. The Hall–Kier alpha value is -1.02. The highest BCUT2D eigenvalue weighted by atomic mass is 15.2. The van der Waals surface area contributed by atoms with Crippen LogP contribution in [0.2, 0.25) is 0 Å². The third-order valence-electron chi connectivity index (χ3n) is 3.45. The topological polar surface area (TPSA) is 29.3 Å². The molecule has 2 nitrogen and oxygen atoms in total. The Balaban J connectivity index is 2.07. The summed E-state index contributed by atoms with van der Waals surface area (Å²) in [5, 5.41) is 0. The summed E-state index contributed by atoms with van der Waals surface area (Å²) in [6.07, 6.45) is 1.29. The first kappa shape index (κ1) is 11.5. The zero-order valence-electron chi connectivity index (χ0n) is 10.6. The van der Waals surface area contributed by atoms with E-state index in [1.807, 2.05) is 6.07 Å². The third-order valence-corrected chi connectivity index (χ3v) is 3.45. The van der Waals surface area contributed by atoms with Crippen LogP contribution in [0.4, 0.5) is 5.69 Å². The highest BCUT2D eigenvalue weighted by Gasteiger charge is 2.29. The van der Waals surface area contributed by atoms with Crippen molar-refractivity contribution in [2.45, 2.75) is 33.7 Å². The fourth-order valence-corrected chi connectivity index (χ4v) is 2.47. The summed E-state index contributed by atoms with van der Waals surface area (Å²) < 4.78 is 0. The van der Waals surface area contributed by atoms with Gasteiger partial charge in [0.2, 0.25) is 0 Å². The Morgan fingerprint density at radius 2 is 2.12 bits per heavy atom. The minimum Gasteiger partial charge on any atom is -0.398 e. The number of benzene rings is 1. The second-order valence-electron chi connectivity index (χ2n) is 5.83. The second kappa shape index (κ2) is 4.10. The summed E-state index contributed by atoms with van der Waals surface area (Å²) in [6.45, 7) is 10.2. The van der Waals surface area contributed by atoms with Crippen molar-refractivity contribution in [1.82, 2.24) is 4.90 Å². The van der Waals surface area contributed by atoms with Crippen LogP contribution in [0.1, 0.15) is 31.4 Å². The van der Waals surface area contributed by atoms with Crippen molar-refractivity contribution in [3.8, 4) is 0 Å². The van der Waals surface area contributed by atoms with Gasteiger partial charge in [-0.1, -0.05) is 31.5 Å². The van der Waals surface area contributed by atoms with E-state index in [1.54, 1.807) is 0 Å². The molecule has 0 aromatic heterocycles. The van der Waals surface area contributed by atoms with E-state index in [-0.39, 0.29) is 0 Å². The first-order valence-electron chi connectivity index (χ1n) is 6.04. The van der Waals surface area contributed by atoms with E-state index in [0.29, 0.717) is 5.41 Å². The Bertz CT molecular complexity index is 382. The molecule has 16 heavy (non-hydrogen) atoms. The lowest BCUT2D eigenvalue weighted by atomic mass is 9.93. The molecule has 0 spiro atoms. The molecule has 0 saturated carbocycles. The van der Waals surface area contributed by atoms with Gasteiger partial charge in [0, 0.05) is 18.8 Å². The van der Waals surface area contributed by atoms with Crippen LogP contribution in [0.25, 0.3) is 0 Å². The van der Waals surface area contributed by atoms with Gasteiger partial charge in [0.1, 0.15) is 0 Å². The quantitative estimate of drug-likeness (QED) is 0.773. The fourth-order valence-electron chi connectivity index (χ4n) is 2.47. The first-order chi connectivity index (χ1) is 7.46. The van der Waals surface area contributed by atoms with Crippen molar-refractivity contribution in [3.63, 3.8) is 0 Å². The van der Waals surface area contributed by atoms with Crippen LogP contribution < -0.4 is 5.73 Å². The predicted molar refractivity (Wildman–Crippen MR) is 69.3 cm³/mol. The summed E-state index contributed by atoms with van der Waals surface area (Å²) in [4.78, 5) is 2.51. The predicted octanol–water partition coefficient (Wildman–Crippen LogP) is 2.81. The first-order valence-corrected chi connectivity index (χ1v) is 6.04. The van der Waals surface area contributed by atoms with Crippen LogP contribution in [0, 0.1) is 12.3 Å². The molecule has 1 aromatic carbocycles. The van der Waals surface area contributed by atoms with Crippen LogP contribution in [0.15, 0.2) is 18.2 Å². The number of nitrogens with zero attached hydrogens (tertiary/aromatic N) is 1. The molecule has 2 heteroatoms. The molecule has 1 fully saturated rings. The van der Waals surface area contributed by atoms with Gasteiger partial charge < -0.3 is 5.73 Å². The maximum absolute atomic E-state index is 6.01. The highest BCUT2D eigenvalue weighted by Crippen LogP contribution is 2.30. The second-order valence-corrected chi connectivity index (χ2v) is 5.83. The van der Waals surface area contributed by atoms with E-state index >= 15 is 0 Å². The van der Waals surface area contributed by atoms with Crippen LogP contribution in [0.5, 0.6) is 0 Å². The maximum Gasteiger partial charge on any atom is 0.0359 e. The van der Waals surface area contributed by atoms with Crippen molar-refractivity contribution in [1.29, 1.82) is 0 Å². The Labute approximate surface area is 98.4 Å².